The normalized spacial score (nSPS) is 13.3. The maximum Gasteiger partial charge on any atom is 0.306 e. The molecule has 0 aromatic rings. The Labute approximate surface area is 472 Å². The third-order valence-electron chi connectivity index (χ3n) is 12.2. The van der Waals surface area contributed by atoms with E-state index >= 15 is 0 Å². The fourth-order valence-electron chi connectivity index (χ4n) is 7.72. The molecule has 0 fully saturated rings. The minimum atomic E-state index is -0.819. The van der Waals surface area contributed by atoms with E-state index < -0.39 is 6.10 Å². The first-order valence-electron chi connectivity index (χ1n) is 30.6. The van der Waals surface area contributed by atoms with Gasteiger partial charge in [0.2, 0.25) is 0 Å². The second kappa shape index (κ2) is 63.3. The van der Waals surface area contributed by atoms with Gasteiger partial charge in [-0.3, -0.25) is 14.4 Å². The molecule has 0 heterocycles. The highest BCUT2D eigenvalue weighted by molar-refractivity contribution is 5.71. The summed E-state index contributed by atoms with van der Waals surface area (Å²) in [7, 11) is 0. The van der Waals surface area contributed by atoms with E-state index in [0.29, 0.717) is 12.8 Å². The lowest BCUT2D eigenvalue weighted by Gasteiger charge is -2.18. The van der Waals surface area contributed by atoms with Gasteiger partial charge in [-0.25, -0.2) is 0 Å². The molecule has 0 rings (SSSR count). The molecule has 6 heteroatoms. The molecular formula is C71H110O6. The van der Waals surface area contributed by atoms with Gasteiger partial charge in [-0.1, -0.05) is 242 Å². The smallest absolute Gasteiger partial charge is 0.306 e. The zero-order valence-corrected chi connectivity index (χ0v) is 49.1. The number of rotatable bonds is 53. The first-order valence-corrected chi connectivity index (χ1v) is 30.6. The molecule has 0 saturated carbocycles. The van der Waals surface area contributed by atoms with Gasteiger partial charge in [0.25, 0.3) is 0 Å². The monoisotopic (exact) mass is 1060 g/mol. The summed E-state index contributed by atoms with van der Waals surface area (Å²) in [6.45, 7) is 6.23. The third-order valence-corrected chi connectivity index (χ3v) is 12.2. The van der Waals surface area contributed by atoms with E-state index in [0.717, 1.165) is 199 Å². The summed E-state index contributed by atoms with van der Waals surface area (Å²) in [5, 5.41) is 0. The van der Waals surface area contributed by atoms with Crippen LogP contribution in [0, 0.1) is 0 Å². The van der Waals surface area contributed by atoms with Crippen molar-refractivity contribution in [1.82, 2.24) is 0 Å². The van der Waals surface area contributed by atoms with Gasteiger partial charge >= 0.3 is 17.9 Å². The van der Waals surface area contributed by atoms with E-state index in [4.69, 9.17) is 14.2 Å². The average Bonchev–Trinajstić information content (AvgIpc) is 3.43. The Morgan fingerprint density at radius 2 is 0.468 bits per heavy atom. The Bertz CT molecular complexity index is 1790. The molecule has 0 radical (unpaired) electrons. The van der Waals surface area contributed by atoms with Gasteiger partial charge in [-0.2, -0.15) is 0 Å². The lowest BCUT2D eigenvalue weighted by molar-refractivity contribution is -0.167. The highest BCUT2D eigenvalue weighted by Gasteiger charge is 2.19. The van der Waals surface area contributed by atoms with Gasteiger partial charge in [0.1, 0.15) is 13.2 Å². The topological polar surface area (TPSA) is 78.9 Å². The second-order valence-corrected chi connectivity index (χ2v) is 19.5. The van der Waals surface area contributed by atoms with Crippen LogP contribution in [0.25, 0.3) is 0 Å². The van der Waals surface area contributed by atoms with Crippen LogP contribution in [-0.2, 0) is 28.6 Å². The fraction of sp³-hybridized carbons (Fsp3) is 0.563. The van der Waals surface area contributed by atoms with Gasteiger partial charge in [0.15, 0.2) is 6.10 Å². The molecule has 0 spiro atoms. The van der Waals surface area contributed by atoms with Crippen LogP contribution in [0.2, 0.25) is 0 Å². The zero-order valence-electron chi connectivity index (χ0n) is 49.1. The van der Waals surface area contributed by atoms with E-state index in [1.54, 1.807) is 0 Å². The first kappa shape index (κ1) is 71.8. The van der Waals surface area contributed by atoms with Crippen LogP contribution in [0.3, 0.4) is 0 Å². The summed E-state index contributed by atoms with van der Waals surface area (Å²) in [4.78, 5) is 38.3. The highest BCUT2D eigenvalue weighted by atomic mass is 16.6. The molecule has 1 unspecified atom stereocenters. The molecule has 0 aliphatic carbocycles. The fourth-order valence-corrected chi connectivity index (χ4v) is 7.72. The molecule has 0 bridgehead atoms. The van der Waals surface area contributed by atoms with Gasteiger partial charge < -0.3 is 14.2 Å². The van der Waals surface area contributed by atoms with Crippen molar-refractivity contribution >= 4 is 17.9 Å². The summed E-state index contributed by atoms with van der Waals surface area (Å²) in [6, 6.07) is 0. The number of carbonyl (C=O) groups is 3. The molecule has 0 aromatic heterocycles. The molecule has 77 heavy (non-hydrogen) atoms. The predicted molar refractivity (Wildman–Crippen MR) is 334 cm³/mol. The molecule has 0 saturated heterocycles. The van der Waals surface area contributed by atoms with E-state index in [-0.39, 0.29) is 37.5 Å². The molecule has 430 valence electrons. The van der Waals surface area contributed by atoms with Gasteiger partial charge in [-0.05, 0) is 148 Å². The first-order chi connectivity index (χ1) is 38.0. The maximum atomic E-state index is 12.9. The number of esters is 3. The largest absolute Gasteiger partial charge is 0.462 e. The van der Waals surface area contributed by atoms with Crippen molar-refractivity contribution in [2.24, 2.45) is 0 Å². The summed E-state index contributed by atoms with van der Waals surface area (Å²) in [6.07, 6.45) is 93.4. The third kappa shape index (κ3) is 61.5. The lowest BCUT2D eigenvalue weighted by Crippen LogP contribution is -2.30. The van der Waals surface area contributed by atoms with Crippen molar-refractivity contribution in [1.29, 1.82) is 0 Å². The Morgan fingerprint density at radius 3 is 0.727 bits per heavy atom. The van der Waals surface area contributed by atoms with E-state index in [2.05, 4.69) is 191 Å². The van der Waals surface area contributed by atoms with Crippen LogP contribution in [0.4, 0.5) is 0 Å². The quantitative estimate of drug-likeness (QED) is 0.0261. The van der Waals surface area contributed by atoms with E-state index in [1.807, 2.05) is 0 Å². The van der Waals surface area contributed by atoms with Crippen molar-refractivity contribution in [2.75, 3.05) is 13.2 Å². The van der Waals surface area contributed by atoms with Crippen LogP contribution in [-0.4, -0.2) is 37.2 Å². The standard InChI is InChI=1S/C71H110O6/c1-4-7-10-13-16-19-22-25-28-31-33-35-37-40-43-46-49-52-55-58-61-64-70(73)76-67-68(66-75-69(72)63-60-57-54-51-48-45-42-39-30-27-24-21-18-15-12-9-6-3)77-71(74)65-62-59-56-53-50-47-44-41-38-36-34-32-29-26-23-20-17-14-11-8-5-2/h7-12,16-21,25-30,33-36,40-45,68H,4-6,13-15,22-24,31-32,37-39,46-67H2,1-3H3/b10-7-,11-8-,12-9-,19-16-,20-17-,21-18-,28-25-,29-26-,30-27-,35-33-,36-34-,43-40-,44-41-,45-42-. The molecular weight excluding hydrogens is 949 g/mol. The van der Waals surface area contributed by atoms with Gasteiger partial charge in [0, 0.05) is 19.3 Å². The van der Waals surface area contributed by atoms with E-state index in [1.165, 1.54) is 0 Å². The summed E-state index contributed by atoms with van der Waals surface area (Å²) in [5.74, 6) is -0.980. The van der Waals surface area contributed by atoms with Crippen LogP contribution in [0.5, 0.6) is 0 Å². The summed E-state index contributed by atoms with van der Waals surface area (Å²) >= 11 is 0. The van der Waals surface area contributed by atoms with Crippen molar-refractivity contribution < 1.29 is 28.6 Å². The summed E-state index contributed by atoms with van der Waals surface area (Å²) < 4.78 is 16.9. The molecule has 6 nitrogen and oxygen atoms in total. The predicted octanol–water partition coefficient (Wildman–Crippen LogP) is 21.1. The molecule has 0 aliphatic rings. The van der Waals surface area contributed by atoms with Crippen LogP contribution in [0.1, 0.15) is 239 Å². The van der Waals surface area contributed by atoms with Gasteiger partial charge in [-0.15, -0.1) is 0 Å². The molecule has 1 atom stereocenters. The van der Waals surface area contributed by atoms with Crippen LogP contribution in [0.15, 0.2) is 170 Å². The van der Waals surface area contributed by atoms with Crippen LogP contribution < -0.4 is 0 Å². The number of carbonyl (C=O) groups excluding carboxylic acids is 3. The number of allylic oxidation sites excluding steroid dienone is 28. The zero-order chi connectivity index (χ0) is 55.7. The SMILES string of the molecule is CC/C=C\C/C=C\C/C=C\C/C=C\C/C=C\CCCCCCCC(=O)OCC(COC(=O)CCCCCC/C=C\C/C=C\C/C=C\C/C=C\CC)OC(=O)CCCCCCC/C=C\C/C=C\C/C=C\C/C=C\C/C=C\CC. The maximum absolute atomic E-state index is 12.9. The van der Waals surface area contributed by atoms with E-state index in [9.17, 15) is 14.4 Å². The second-order valence-electron chi connectivity index (χ2n) is 19.5. The highest BCUT2D eigenvalue weighted by Crippen LogP contribution is 2.13. The van der Waals surface area contributed by atoms with Crippen molar-refractivity contribution in [2.45, 2.75) is 245 Å². The Hall–Kier alpha value is -5.23. The number of hydrogen-bond donors (Lipinski definition) is 0. The molecule has 0 N–H and O–H groups in total. The minimum Gasteiger partial charge on any atom is -0.462 e. The number of unbranched alkanes of at least 4 members (excludes halogenated alkanes) is 14. The Balaban J connectivity index is 4.55. The minimum absolute atomic E-state index is 0.113. The summed E-state index contributed by atoms with van der Waals surface area (Å²) in [5.41, 5.74) is 0. The number of hydrogen-bond acceptors (Lipinski definition) is 6. The van der Waals surface area contributed by atoms with Crippen molar-refractivity contribution in [3.05, 3.63) is 170 Å². The molecule has 0 aliphatic heterocycles. The van der Waals surface area contributed by atoms with Crippen molar-refractivity contribution in [3.63, 3.8) is 0 Å². The molecule has 0 amide bonds. The number of ether oxygens (including phenoxy) is 3. The van der Waals surface area contributed by atoms with Gasteiger partial charge in [0.05, 0.1) is 0 Å². The molecule has 0 aromatic carbocycles. The lowest BCUT2D eigenvalue weighted by atomic mass is 10.1. The Morgan fingerprint density at radius 1 is 0.260 bits per heavy atom. The average molecular weight is 1060 g/mol. The van der Waals surface area contributed by atoms with Crippen molar-refractivity contribution in [3.8, 4) is 0 Å². The Kier molecular flexibility index (Phi) is 59.0. The van der Waals surface area contributed by atoms with Crippen LogP contribution >= 0.6 is 0 Å².